The molecule has 0 radical (unpaired) electrons. The molecule has 32 heavy (non-hydrogen) atoms. The summed E-state index contributed by atoms with van der Waals surface area (Å²) < 4.78 is 6.20. The van der Waals surface area contributed by atoms with Crippen molar-refractivity contribution in [2.75, 3.05) is 32.7 Å². The van der Waals surface area contributed by atoms with Crippen molar-refractivity contribution < 1.29 is 9.53 Å². The van der Waals surface area contributed by atoms with Crippen LogP contribution in [-0.2, 0) is 4.79 Å². The van der Waals surface area contributed by atoms with E-state index in [1.54, 1.807) is 0 Å². The molecule has 168 valence electrons. The molecule has 2 heterocycles. The van der Waals surface area contributed by atoms with Crippen molar-refractivity contribution in [3.05, 3.63) is 58.7 Å². The number of amides is 1. The van der Waals surface area contributed by atoms with Crippen LogP contribution in [0.2, 0.25) is 10.2 Å². The molecular weight excluding hydrogens is 445 g/mol. The number of piperazine rings is 1. The SMILES string of the molecule is CCC(=O)N1CCN(C[C@@H](C)Oc2ccc3c(-c4ccccc4Cl)cc(Cl)nc3c2)CC1. The molecule has 5 nitrogen and oxygen atoms in total. The number of hydrogen-bond acceptors (Lipinski definition) is 4. The Morgan fingerprint density at radius 1 is 1.06 bits per heavy atom. The van der Waals surface area contributed by atoms with Crippen LogP contribution >= 0.6 is 23.2 Å². The Morgan fingerprint density at radius 3 is 2.53 bits per heavy atom. The molecule has 0 unspecified atom stereocenters. The number of fused-ring (bicyclic) bond motifs is 1. The Hall–Kier alpha value is -2.34. The summed E-state index contributed by atoms with van der Waals surface area (Å²) in [4.78, 5) is 20.6. The molecule has 1 amide bonds. The van der Waals surface area contributed by atoms with Crippen molar-refractivity contribution in [1.82, 2.24) is 14.8 Å². The average Bonchev–Trinajstić information content (AvgIpc) is 2.78. The van der Waals surface area contributed by atoms with Gasteiger partial charge in [-0.1, -0.05) is 48.3 Å². The molecule has 1 fully saturated rings. The van der Waals surface area contributed by atoms with Gasteiger partial charge in [0.25, 0.3) is 0 Å². The number of aromatic nitrogens is 1. The maximum atomic E-state index is 11.9. The third-order valence-electron chi connectivity index (χ3n) is 5.79. The number of halogens is 2. The number of benzene rings is 2. The van der Waals surface area contributed by atoms with Gasteiger partial charge >= 0.3 is 0 Å². The van der Waals surface area contributed by atoms with Crippen LogP contribution in [0.3, 0.4) is 0 Å². The molecule has 0 saturated carbocycles. The van der Waals surface area contributed by atoms with E-state index < -0.39 is 0 Å². The van der Waals surface area contributed by atoms with E-state index >= 15 is 0 Å². The van der Waals surface area contributed by atoms with E-state index in [0.29, 0.717) is 16.6 Å². The molecule has 7 heteroatoms. The summed E-state index contributed by atoms with van der Waals surface area (Å²) in [5, 5.41) is 2.06. The van der Waals surface area contributed by atoms with Crippen LogP contribution in [0.1, 0.15) is 20.3 Å². The zero-order valence-corrected chi connectivity index (χ0v) is 19.9. The minimum Gasteiger partial charge on any atom is -0.489 e. The highest BCUT2D eigenvalue weighted by Crippen LogP contribution is 2.35. The first-order valence-corrected chi connectivity index (χ1v) is 11.7. The fourth-order valence-electron chi connectivity index (χ4n) is 4.19. The first-order valence-electron chi connectivity index (χ1n) is 11.0. The summed E-state index contributed by atoms with van der Waals surface area (Å²) in [7, 11) is 0. The Bertz CT molecular complexity index is 1110. The largest absolute Gasteiger partial charge is 0.489 e. The predicted octanol–water partition coefficient (Wildman–Crippen LogP) is 5.53. The number of carbonyl (C=O) groups excluding carboxylic acids is 1. The van der Waals surface area contributed by atoms with Crippen LogP contribution in [0.5, 0.6) is 5.75 Å². The number of pyridine rings is 1. The molecule has 3 aromatic rings. The van der Waals surface area contributed by atoms with E-state index in [0.717, 1.165) is 60.5 Å². The highest BCUT2D eigenvalue weighted by molar-refractivity contribution is 6.34. The van der Waals surface area contributed by atoms with E-state index in [-0.39, 0.29) is 12.0 Å². The van der Waals surface area contributed by atoms with Crippen LogP contribution in [0.4, 0.5) is 0 Å². The van der Waals surface area contributed by atoms with Crippen molar-refractivity contribution in [2.45, 2.75) is 26.4 Å². The molecule has 0 N–H and O–H groups in total. The van der Waals surface area contributed by atoms with Gasteiger partial charge in [-0.3, -0.25) is 9.69 Å². The molecule has 4 rings (SSSR count). The highest BCUT2D eigenvalue weighted by Gasteiger charge is 2.21. The number of nitrogens with zero attached hydrogens (tertiary/aromatic N) is 3. The zero-order chi connectivity index (χ0) is 22.7. The Kier molecular flexibility index (Phi) is 7.19. The molecule has 0 spiro atoms. The average molecular weight is 472 g/mol. The molecule has 1 atom stereocenters. The maximum absolute atomic E-state index is 11.9. The smallest absolute Gasteiger partial charge is 0.222 e. The molecule has 1 saturated heterocycles. The van der Waals surface area contributed by atoms with Gasteiger partial charge in [-0.25, -0.2) is 4.98 Å². The van der Waals surface area contributed by atoms with Crippen molar-refractivity contribution >= 4 is 40.0 Å². The standard InChI is InChI=1S/C25H27Cl2N3O2/c1-3-25(31)30-12-10-29(11-13-30)16-17(2)32-18-8-9-20-21(15-24(27)28-23(20)14-18)19-6-4-5-7-22(19)26/h4-9,14-15,17H,3,10-13,16H2,1-2H3/t17-/m1/s1. The van der Waals surface area contributed by atoms with Gasteiger partial charge in [-0.05, 0) is 36.8 Å². The molecule has 0 bridgehead atoms. The van der Waals surface area contributed by atoms with Crippen molar-refractivity contribution in [3.8, 4) is 16.9 Å². The van der Waals surface area contributed by atoms with Crippen molar-refractivity contribution in [1.29, 1.82) is 0 Å². The quantitative estimate of drug-likeness (QED) is 0.443. The van der Waals surface area contributed by atoms with Gasteiger partial charge in [0, 0.05) is 61.2 Å². The Morgan fingerprint density at radius 2 is 1.81 bits per heavy atom. The molecule has 2 aromatic carbocycles. The molecule has 1 aromatic heterocycles. The molecule has 0 aliphatic carbocycles. The third kappa shape index (κ3) is 5.17. The minimum atomic E-state index is 0.00287. The molecule has 1 aliphatic rings. The minimum absolute atomic E-state index is 0.00287. The topological polar surface area (TPSA) is 45.7 Å². The first kappa shape index (κ1) is 22.8. The lowest BCUT2D eigenvalue weighted by Gasteiger charge is -2.35. The summed E-state index contributed by atoms with van der Waals surface area (Å²) >= 11 is 12.8. The fourth-order valence-corrected chi connectivity index (χ4v) is 4.63. The second-order valence-electron chi connectivity index (χ2n) is 8.11. The van der Waals surface area contributed by atoms with Crippen molar-refractivity contribution in [3.63, 3.8) is 0 Å². The van der Waals surface area contributed by atoms with E-state index in [2.05, 4.69) is 16.8 Å². The van der Waals surface area contributed by atoms with Crippen LogP contribution in [0.15, 0.2) is 48.5 Å². The lowest BCUT2D eigenvalue weighted by Crippen LogP contribution is -2.50. The van der Waals surface area contributed by atoms with E-state index in [1.165, 1.54) is 0 Å². The summed E-state index contributed by atoms with van der Waals surface area (Å²) in [6, 6.07) is 15.5. The lowest BCUT2D eigenvalue weighted by molar-refractivity contribution is -0.132. The lowest BCUT2D eigenvalue weighted by atomic mass is 10.0. The van der Waals surface area contributed by atoms with Crippen LogP contribution in [0, 0.1) is 0 Å². The predicted molar refractivity (Wildman–Crippen MR) is 131 cm³/mol. The van der Waals surface area contributed by atoms with Crippen LogP contribution < -0.4 is 4.74 Å². The summed E-state index contributed by atoms with van der Waals surface area (Å²) in [5.41, 5.74) is 2.64. The van der Waals surface area contributed by atoms with Gasteiger partial charge in [0.15, 0.2) is 0 Å². The maximum Gasteiger partial charge on any atom is 0.222 e. The summed E-state index contributed by atoms with van der Waals surface area (Å²) in [5.74, 6) is 0.983. The Labute approximate surface area is 198 Å². The third-order valence-corrected chi connectivity index (χ3v) is 6.32. The van der Waals surface area contributed by atoms with Gasteiger partial charge < -0.3 is 9.64 Å². The van der Waals surface area contributed by atoms with Gasteiger partial charge in [0.2, 0.25) is 5.91 Å². The normalized spacial score (nSPS) is 15.7. The second kappa shape index (κ2) is 10.1. The molecular formula is C25H27Cl2N3O2. The highest BCUT2D eigenvalue weighted by atomic mass is 35.5. The Balaban J connectivity index is 1.46. The van der Waals surface area contributed by atoms with Gasteiger partial charge in [-0.15, -0.1) is 0 Å². The summed E-state index contributed by atoms with van der Waals surface area (Å²) in [6.45, 7) is 8.08. The van der Waals surface area contributed by atoms with Gasteiger partial charge in [-0.2, -0.15) is 0 Å². The van der Waals surface area contributed by atoms with Gasteiger partial charge in [0.1, 0.15) is 17.0 Å². The molecule has 1 aliphatic heterocycles. The van der Waals surface area contributed by atoms with Gasteiger partial charge in [0.05, 0.1) is 5.52 Å². The zero-order valence-electron chi connectivity index (χ0n) is 18.4. The summed E-state index contributed by atoms with van der Waals surface area (Å²) in [6.07, 6.45) is 0.570. The van der Waals surface area contributed by atoms with Crippen molar-refractivity contribution in [2.24, 2.45) is 0 Å². The second-order valence-corrected chi connectivity index (χ2v) is 8.91. The van der Waals surface area contributed by atoms with E-state index in [9.17, 15) is 4.79 Å². The number of carbonyl (C=O) groups is 1. The van der Waals surface area contributed by atoms with Crippen LogP contribution in [0.25, 0.3) is 22.0 Å². The fraction of sp³-hybridized carbons (Fsp3) is 0.360. The number of rotatable bonds is 6. The number of hydrogen-bond donors (Lipinski definition) is 0. The van der Waals surface area contributed by atoms with Crippen LogP contribution in [-0.4, -0.2) is 59.5 Å². The van der Waals surface area contributed by atoms with E-state index in [1.807, 2.05) is 60.4 Å². The number of ether oxygens (including phenoxy) is 1. The van der Waals surface area contributed by atoms with E-state index in [4.69, 9.17) is 27.9 Å². The monoisotopic (exact) mass is 471 g/mol. The first-order chi connectivity index (χ1) is 15.4.